The van der Waals surface area contributed by atoms with Gasteiger partial charge in [0.15, 0.2) is 17.4 Å². The van der Waals surface area contributed by atoms with Crippen LogP contribution < -0.4 is 0 Å². The summed E-state index contributed by atoms with van der Waals surface area (Å²) in [5.74, 6) is -1.05. The largest absolute Gasteiger partial charge is 0.294 e. The lowest BCUT2D eigenvalue weighted by molar-refractivity contribution is 0.101. The predicted molar refractivity (Wildman–Crippen MR) is 101 cm³/mol. The van der Waals surface area contributed by atoms with E-state index in [1.165, 1.54) is 63.1 Å². The van der Waals surface area contributed by atoms with Crippen molar-refractivity contribution in [3.63, 3.8) is 0 Å². The smallest absolute Gasteiger partial charge is 0.170 e. The van der Waals surface area contributed by atoms with Gasteiger partial charge in [-0.05, 0) is 61.6 Å². The van der Waals surface area contributed by atoms with Gasteiger partial charge in [-0.3, -0.25) is 4.79 Å². The van der Waals surface area contributed by atoms with E-state index in [1.807, 2.05) is 24.3 Å². The van der Waals surface area contributed by atoms with Gasteiger partial charge in [0.25, 0.3) is 0 Å². The molecule has 0 unspecified atom stereocenters. The van der Waals surface area contributed by atoms with Gasteiger partial charge in [-0.2, -0.15) is 0 Å². The Morgan fingerprint density at radius 2 is 1.62 bits per heavy atom. The summed E-state index contributed by atoms with van der Waals surface area (Å²) < 4.78 is 28.4. The highest BCUT2D eigenvalue weighted by Crippen LogP contribution is 2.38. The summed E-state index contributed by atoms with van der Waals surface area (Å²) >= 11 is 0. The third kappa shape index (κ3) is 3.87. The zero-order valence-corrected chi connectivity index (χ0v) is 15.5. The molecule has 0 atom stereocenters. The van der Waals surface area contributed by atoms with Crippen LogP contribution in [0.5, 0.6) is 0 Å². The first kappa shape index (κ1) is 18.8. The van der Waals surface area contributed by atoms with Crippen LogP contribution in [0.2, 0.25) is 0 Å². The van der Waals surface area contributed by atoms with Gasteiger partial charge in [0.2, 0.25) is 0 Å². The van der Waals surface area contributed by atoms with Crippen molar-refractivity contribution in [2.75, 3.05) is 0 Å². The standard InChI is InChI=1S/C23H26F2O/c1-3-4-16-5-7-17(8-6-16)18-9-11-19(12-10-18)21-14-13-20(15(2)26)22(24)23(21)25/h9-14,16-17H,3-8H2,1-2H3. The average molecular weight is 356 g/mol. The Labute approximate surface area is 154 Å². The van der Waals surface area contributed by atoms with Crippen LogP contribution in [0.1, 0.15) is 74.2 Å². The van der Waals surface area contributed by atoms with E-state index < -0.39 is 17.4 Å². The molecule has 138 valence electrons. The van der Waals surface area contributed by atoms with Crippen LogP contribution in [0.4, 0.5) is 8.78 Å². The molecule has 1 aliphatic rings. The summed E-state index contributed by atoms with van der Waals surface area (Å²) in [6.07, 6.45) is 7.57. The number of hydrogen-bond acceptors (Lipinski definition) is 1. The van der Waals surface area contributed by atoms with E-state index in [1.54, 1.807) is 0 Å². The first-order valence-electron chi connectivity index (χ1n) is 9.60. The van der Waals surface area contributed by atoms with E-state index >= 15 is 0 Å². The number of hydrogen-bond donors (Lipinski definition) is 0. The Morgan fingerprint density at radius 3 is 2.19 bits per heavy atom. The van der Waals surface area contributed by atoms with Crippen molar-refractivity contribution in [2.45, 2.75) is 58.3 Å². The summed E-state index contributed by atoms with van der Waals surface area (Å²) in [5.41, 5.74) is 1.92. The lowest BCUT2D eigenvalue weighted by Crippen LogP contribution is -2.13. The second kappa shape index (κ2) is 8.11. The van der Waals surface area contributed by atoms with Crippen LogP contribution in [0, 0.1) is 17.6 Å². The summed E-state index contributed by atoms with van der Waals surface area (Å²) in [5, 5.41) is 0. The van der Waals surface area contributed by atoms with Crippen molar-refractivity contribution < 1.29 is 13.6 Å². The van der Waals surface area contributed by atoms with Crippen LogP contribution >= 0.6 is 0 Å². The lowest BCUT2D eigenvalue weighted by Gasteiger charge is -2.28. The molecule has 0 bridgehead atoms. The van der Waals surface area contributed by atoms with Crippen molar-refractivity contribution in [1.29, 1.82) is 0 Å². The second-order valence-corrected chi connectivity index (χ2v) is 7.47. The molecule has 0 radical (unpaired) electrons. The van der Waals surface area contributed by atoms with Crippen LogP contribution in [0.25, 0.3) is 11.1 Å². The van der Waals surface area contributed by atoms with E-state index in [9.17, 15) is 13.6 Å². The summed E-state index contributed by atoms with van der Waals surface area (Å²) in [4.78, 5) is 11.3. The van der Waals surface area contributed by atoms with Crippen molar-refractivity contribution >= 4 is 5.78 Å². The average Bonchev–Trinajstić information content (AvgIpc) is 2.65. The Morgan fingerprint density at radius 1 is 0.962 bits per heavy atom. The second-order valence-electron chi connectivity index (χ2n) is 7.47. The molecule has 0 heterocycles. The first-order valence-corrected chi connectivity index (χ1v) is 9.60. The van der Waals surface area contributed by atoms with E-state index in [0.29, 0.717) is 11.5 Å². The van der Waals surface area contributed by atoms with Gasteiger partial charge in [0.1, 0.15) is 0 Å². The highest BCUT2D eigenvalue weighted by Gasteiger charge is 2.22. The molecular weight excluding hydrogens is 330 g/mol. The predicted octanol–water partition coefficient (Wildman–Crippen LogP) is 6.91. The highest BCUT2D eigenvalue weighted by atomic mass is 19.2. The minimum Gasteiger partial charge on any atom is -0.294 e. The zero-order valence-electron chi connectivity index (χ0n) is 15.5. The van der Waals surface area contributed by atoms with Gasteiger partial charge in [-0.15, -0.1) is 0 Å². The zero-order chi connectivity index (χ0) is 18.7. The maximum Gasteiger partial charge on any atom is 0.170 e. The fraction of sp³-hybridized carbons (Fsp3) is 0.435. The van der Waals surface area contributed by atoms with Gasteiger partial charge in [-0.1, -0.05) is 50.1 Å². The molecule has 2 aromatic carbocycles. The fourth-order valence-corrected chi connectivity index (χ4v) is 4.17. The number of benzene rings is 2. The Bertz CT molecular complexity index is 772. The number of rotatable bonds is 5. The van der Waals surface area contributed by atoms with E-state index in [-0.39, 0.29) is 11.1 Å². The van der Waals surface area contributed by atoms with Gasteiger partial charge in [0, 0.05) is 5.56 Å². The number of ketones is 1. The Hall–Kier alpha value is -2.03. The van der Waals surface area contributed by atoms with Crippen molar-refractivity contribution in [1.82, 2.24) is 0 Å². The van der Waals surface area contributed by atoms with Gasteiger partial charge < -0.3 is 0 Å². The molecule has 0 aliphatic heterocycles. The Kier molecular flexibility index (Phi) is 5.85. The van der Waals surface area contributed by atoms with Crippen molar-refractivity contribution in [3.05, 3.63) is 59.2 Å². The normalized spacial score (nSPS) is 20.2. The molecule has 1 saturated carbocycles. The number of halogens is 2. The van der Waals surface area contributed by atoms with Gasteiger partial charge in [-0.25, -0.2) is 8.78 Å². The third-order valence-corrected chi connectivity index (χ3v) is 5.70. The molecule has 3 heteroatoms. The van der Waals surface area contributed by atoms with Crippen LogP contribution in [0.3, 0.4) is 0 Å². The number of carbonyl (C=O) groups excluding carboxylic acids is 1. The minimum atomic E-state index is -1.06. The van der Waals surface area contributed by atoms with Crippen LogP contribution in [-0.2, 0) is 0 Å². The molecule has 0 N–H and O–H groups in total. The van der Waals surface area contributed by atoms with Gasteiger partial charge >= 0.3 is 0 Å². The maximum absolute atomic E-state index is 14.4. The van der Waals surface area contributed by atoms with Crippen molar-refractivity contribution in [3.8, 4) is 11.1 Å². The summed E-state index contributed by atoms with van der Waals surface area (Å²) in [6, 6.07) is 10.6. The van der Waals surface area contributed by atoms with E-state index in [0.717, 1.165) is 5.92 Å². The van der Waals surface area contributed by atoms with Crippen molar-refractivity contribution in [2.24, 2.45) is 5.92 Å². The summed E-state index contributed by atoms with van der Waals surface area (Å²) in [6.45, 7) is 3.48. The maximum atomic E-state index is 14.4. The SMILES string of the molecule is CCCC1CCC(c2ccc(-c3ccc(C(C)=O)c(F)c3F)cc2)CC1. The number of carbonyl (C=O) groups is 1. The third-order valence-electron chi connectivity index (χ3n) is 5.70. The monoisotopic (exact) mass is 356 g/mol. The quantitative estimate of drug-likeness (QED) is 0.532. The molecular formula is C23H26F2O. The molecule has 1 nitrogen and oxygen atoms in total. The number of Topliss-reactive ketones (excluding diaryl/α,β-unsaturated/α-hetero) is 1. The first-order chi connectivity index (χ1) is 12.5. The van der Waals surface area contributed by atoms with E-state index in [2.05, 4.69) is 6.92 Å². The highest BCUT2D eigenvalue weighted by molar-refractivity contribution is 5.94. The van der Waals surface area contributed by atoms with Crippen LogP contribution in [-0.4, -0.2) is 5.78 Å². The Balaban J connectivity index is 1.76. The minimum absolute atomic E-state index is 0.200. The molecule has 0 saturated heterocycles. The fourth-order valence-electron chi connectivity index (χ4n) is 4.17. The lowest BCUT2D eigenvalue weighted by atomic mass is 9.77. The van der Waals surface area contributed by atoms with Gasteiger partial charge in [0.05, 0.1) is 5.56 Å². The molecule has 2 aromatic rings. The molecule has 0 aromatic heterocycles. The molecule has 0 spiro atoms. The molecule has 1 fully saturated rings. The molecule has 0 amide bonds. The molecule has 1 aliphatic carbocycles. The van der Waals surface area contributed by atoms with E-state index in [4.69, 9.17) is 0 Å². The molecule has 26 heavy (non-hydrogen) atoms. The summed E-state index contributed by atoms with van der Waals surface area (Å²) in [7, 11) is 0. The van der Waals surface area contributed by atoms with Crippen LogP contribution in [0.15, 0.2) is 36.4 Å². The topological polar surface area (TPSA) is 17.1 Å². The molecule has 3 rings (SSSR count).